The molecule has 0 bridgehead atoms. The second-order valence-electron chi connectivity index (χ2n) is 4.49. The number of hydrogen-bond donors (Lipinski definition) is 2. The van der Waals surface area contributed by atoms with Crippen molar-refractivity contribution in [3.8, 4) is 5.75 Å². The monoisotopic (exact) mass is 220 g/mol. The number of hydrogen-bond acceptors (Lipinski definition) is 3. The van der Waals surface area contributed by atoms with E-state index < -0.39 is 5.60 Å². The van der Waals surface area contributed by atoms with Gasteiger partial charge in [0.1, 0.15) is 5.75 Å². The quantitative estimate of drug-likeness (QED) is 0.762. The van der Waals surface area contributed by atoms with Gasteiger partial charge in [0.2, 0.25) is 0 Å². The van der Waals surface area contributed by atoms with Crippen molar-refractivity contribution in [2.24, 2.45) is 0 Å². The average molecular weight is 220 g/mol. The Labute approximate surface area is 95.0 Å². The van der Waals surface area contributed by atoms with Gasteiger partial charge in [-0.05, 0) is 38.5 Å². The van der Waals surface area contributed by atoms with Crippen LogP contribution in [0, 0.1) is 6.92 Å². The lowest BCUT2D eigenvalue weighted by molar-refractivity contribution is -0.129. The SMILES string of the molecule is CNc1cc(C)c2c(c1)NC(=O)C(C)(C)O2. The molecule has 2 N–H and O–H groups in total. The van der Waals surface area contributed by atoms with Crippen molar-refractivity contribution in [3.05, 3.63) is 17.7 Å². The number of amides is 1. The molecule has 86 valence electrons. The Kier molecular flexibility index (Phi) is 2.30. The van der Waals surface area contributed by atoms with E-state index in [-0.39, 0.29) is 5.91 Å². The minimum absolute atomic E-state index is 0.118. The van der Waals surface area contributed by atoms with Gasteiger partial charge in [0.15, 0.2) is 5.60 Å². The summed E-state index contributed by atoms with van der Waals surface area (Å²) in [6, 6.07) is 3.86. The second-order valence-corrected chi connectivity index (χ2v) is 4.49. The van der Waals surface area contributed by atoms with Gasteiger partial charge in [-0.1, -0.05) is 0 Å². The Balaban J connectivity index is 2.51. The van der Waals surface area contributed by atoms with E-state index in [0.717, 1.165) is 22.7 Å². The summed E-state index contributed by atoms with van der Waals surface area (Å²) in [4.78, 5) is 11.7. The molecule has 1 aromatic carbocycles. The van der Waals surface area contributed by atoms with Crippen molar-refractivity contribution in [1.82, 2.24) is 0 Å². The molecule has 0 radical (unpaired) electrons. The highest BCUT2D eigenvalue weighted by Crippen LogP contribution is 2.38. The molecule has 1 amide bonds. The number of ether oxygens (including phenoxy) is 1. The normalized spacial score (nSPS) is 17.1. The molecule has 1 aliphatic rings. The molecule has 0 unspecified atom stereocenters. The van der Waals surface area contributed by atoms with Gasteiger partial charge in [0.25, 0.3) is 5.91 Å². The van der Waals surface area contributed by atoms with Crippen LogP contribution >= 0.6 is 0 Å². The van der Waals surface area contributed by atoms with Gasteiger partial charge in [0, 0.05) is 12.7 Å². The first-order valence-electron chi connectivity index (χ1n) is 5.27. The fraction of sp³-hybridized carbons (Fsp3) is 0.417. The van der Waals surface area contributed by atoms with Crippen LogP contribution in [-0.2, 0) is 4.79 Å². The van der Waals surface area contributed by atoms with Crippen LogP contribution in [0.2, 0.25) is 0 Å². The minimum atomic E-state index is -0.807. The lowest BCUT2D eigenvalue weighted by Crippen LogP contribution is -2.45. The highest BCUT2D eigenvalue weighted by atomic mass is 16.5. The van der Waals surface area contributed by atoms with E-state index in [0.29, 0.717) is 0 Å². The Morgan fingerprint density at radius 3 is 2.69 bits per heavy atom. The van der Waals surface area contributed by atoms with Gasteiger partial charge in [-0.2, -0.15) is 0 Å². The van der Waals surface area contributed by atoms with Crippen LogP contribution in [0.4, 0.5) is 11.4 Å². The summed E-state index contributed by atoms with van der Waals surface area (Å²) < 4.78 is 5.72. The Hall–Kier alpha value is -1.71. The summed E-state index contributed by atoms with van der Waals surface area (Å²) in [5.74, 6) is 0.635. The molecule has 0 aliphatic carbocycles. The van der Waals surface area contributed by atoms with Crippen LogP contribution in [0.15, 0.2) is 12.1 Å². The zero-order chi connectivity index (χ0) is 11.9. The molecule has 0 spiro atoms. The smallest absolute Gasteiger partial charge is 0.268 e. The molecule has 1 heterocycles. The fourth-order valence-electron chi connectivity index (χ4n) is 1.72. The molecule has 0 fully saturated rings. The molecule has 16 heavy (non-hydrogen) atoms. The van der Waals surface area contributed by atoms with Crippen molar-refractivity contribution in [1.29, 1.82) is 0 Å². The topological polar surface area (TPSA) is 50.4 Å². The van der Waals surface area contributed by atoms with Gasteiger partial charge in [0.05, 0.1) is 5.69 Å². The number of carbonyl (C=O) groups is 1. The van der Waals surface area contributed by atoms with E-state index >= 15 is 0 Å². The van der Waals surface area contributed by atoms with E-state index in [9.17, 15) is 4.79 Å². The number of anilines is 2. The molecule has 0 saturated heterocycles. The van der Waals surface area contributed by atoms with Gasteiger partial charge in [-0.25, -0.2) is 0 Å². The van der Waals surface area contributed by atoms with Crippen LogP contribution < -0.4 is 15.4 Å². The second kappa shape index (κ2) is 3.40. The predicted octanol–water partition coefficient (Wildman–Crippen LogP) is 2.15. The number of aryl methyl sites for hydroxylation is 1. The van der Waals surface area contributed by atoms with Crippen LogP contribution in [0.25, 0.3) is 0 Å². The zero-order valence-corrected chi connectivity index (χ0v) is 9.97. The lowest BCUT2D eigenvalue weighted by Gasteiger charge is -2.32. The van der Waals surface area contributed by atoms with Gasteiger partial charge >= 0.3 is 0 Å². The van der Waals surface area contributed by atoms with Gasteiger partial charge < -0.3 is 15.4 Å². The van der Waals surface area contributed by atoms with Crippen LogP contribution in [0.5, 0.6) is 5.75 Å². The van der Waals surface area contributed by atoms with Crippen molar-refractivity contribution < 1.29 is 9.53 Å². The number of nitrogens with one attached hydrogen (secondary N) is 2. The molecule has 0 atom stereocenters. The summed E-state index contributed by atoms with van der Waals surface area (Å²) in [6.45, 7) is 5.49. The summed E-state index contributed by atoms with van der Waals surface area (Å²) in [5.41, 5.74) is 1.89. The Morgan fingerprint density at radius 2 is 2.06 bits per heavy atom. The molecule has 4 heteroatoms. The Morgan fingerprint density at radius 1 is 1.38 bits per heavy atom. The third-order valence-corrected chi connectivity index (χ3v) is 2.72. The fourth-order valence-corrected chi connectivity index (χ4v) is 1.72. The molecule has 1 aliphatic heterocycles. The molecular formula is C12H16N2O2. The highest BCUT2D eigenvalue weighted by Gasteiger charge is 2.36. The Bertz CT molecular complexity index is 453. The van der Waals surface area contributed by atoms with Crippen molar-refractivity contribution in [2.75, 3.05) is 17.7 Å². The van der Waals surface area contributed by atoms with Gasteiger partial charge in [-0.15, -0.1) is 0 Å². The molecule has 0 saturated carbocycles. The summed E-state index contributed by atoms with van der Waals surface area (Å²) in [6.07, 6.45) is 0. The average Bonchev–Trinajstić information content (AvgIpc) is 2.21. The van der Waals surface area contributed by atoms with E-state index in [1.165, 1.54) is 0 Å². The molecule has 0 aromatic heterocycles. The van der Waals surface area contributed by atoms with Crippen molar-refractivity contribution in [2.45, 2.75) is 26.4 Å². The number of rotatable bonds is 1. The first-order chi connectivity index (χ1) is 7.44. The first-order valence-corrected chi connectivity index (χ1v) is 5.27. The van der Waals surface area contributed by atoms with E-state index in [1.807, 2.05) is 26.1 Å². The minimum Gasteiger partial charge on any atom is -0.476 e. The maximum Gasteiger partial charge on any atom is 0.268 e. The molecular weight excluding hydrogens is 204 g/mol. The van der Waals surface area contributed by atoms with E-state index in [4.69, 9.17) is 4.74 Å². The summed E-state index contributed by atoms with van der Waals surface area (Å²) in [5, 5.41) is 5.91. The number of benzene rings is 1. The summed E-state index contributed by atoms with van der Waals surface area (Å²) >= 11 is 0. The maximum atomic E-state index is 11.7. The first kappa shape index (κ1) is 10.8. The van der Waals surface area contributed by atoms with Crippen LogP contribution in [-0.4, -0.2) is 18.6 Å². The predicted molar refractivity (Wildman–Crippen MR) is 64.1 cm³/mol. The van der Waals surface area contributed by atoms with E-state index in [1.54, 1.807) is 13.8 Å². The van der Waals surface area contributed by atoms with E-state index in [2.05, 4.69) is 10.6 Å². The molecule has 1 aromatic rings. The van der Waals surface area contributed by atoms with Gasteiger partial charge in [-0.3, -0.25) is 4.79 Å². The molecule has 2 rings (SSSR count). The summed E-state index contributed by atoms with van der Waals surface area (Å²) in [7, 11) is 1.84. The third-order valence-electron chi connectivity index (χ3n) is 2.72. The maximum absolute atomic E-state index is 11.7. The third kappa shape index (κ3) is 1.60. The van der Waals surface area contributed by atoms with Crippen molar-refractivity contribution >= 4 is 17.3 Å². The van der Waals surface area contributed by atoms with Crippen LogP contribution in [0.3, 0.4) is 0 Å². The number of carbonyl (C=O) groups excluding carboxylic acids is 1. The largest absolute Gasteiger partial charge is 0.476 e. The van der Waals surface area contributed by atoms with Crippen molar-refractivity contribution in [3.63, 3.8) is 0 Å². The van der Waals surface area contributed by atoms with Crippen LogP contribution in [0.1, 0.15) is 19.4 Å². The standard InChI is InChI=1S/C12H16N2O2/c1-7-5-8(13-4)6-9-10(7)16-12(2,3)11(15)14-9/h5-6,13H,1-4H3,(H,14,15). The molecule has 4 nitrogen and oxygen atoms in total. The zero-order valence-electron chi connectivity index (χ0n) is 9.97. The lowest BCUT2D eigenvalue weighted by atomic mass is 10.0. The number of fused-ring (bicyclic) bond motifs is 1. The highest BCUT2D eigenvalue weighted by molar-refractivity contribution is 6.01.